The molecule has 0 amide bonds. The topological polar surface area (TPSA) is 40.5 Å². The first-order valence-electron chi connectivity index (χ1n) is 10.4. The monoisotopic (exact) mass is 424 g/mol. The predicted molar refractivity (Wildman–Crippen MR) is 108 cm³/mol. The fourth-order valence-electron chi connectivity index (χ4n) is 4.36. The van der Waals surface area contributed by atoms with Gasteiger partial charge >= 0.3 is 0 Å². The summed E-state index contributed by atoms with van der Waals surface area (Å²) in [5.74, 6) is -1.02. The summed E-state index contributed by atoms with van der Waals surface area (Å²) in [5, 5.41) is 18.8. The van der Waals surface area contributed by atoms with E-state index < -0.39 is 48.7 Å². The van der Waals surface area contributed by atoms with Crippen LogP contribution in [0, 0.1) is 0 Å². The van der Waals surface area contributed by atoms with Crippen LogP contribution in [-0.2, 0) is 0 Å². The van der Waals surface area contributed by atoms with Crippen LogP contribution in [0.5, 0.6) is 0 Å². The molecule has 2 aliphatic carbocycles. The van der Waals surface area contributed by atoms with Gasteiger partial charge in [0.25, 0.3) is 0 Å². The van der Waals surface area contributed by atoms with Crippen LogP contribution in [0.4, 0.5) is 17.6 Å². The number of aliphatic hydroxyl groups is 2. The van der Waals surface area contributed by atoms with E-state index in [0.29, 0.717) is 12.8 Å². The molecule has 0 heterocycles. The van der Waals surface area contributed by atoms with Gasteiger partial charge in [0, 0.05) is 24.7 Å². The van der Waals surface area contributed by atoms with Crippen molar-refractivity contribution in [2.75, 3.05) is 0 Å². The number of rotatable bonds is 2. The maximum Gasteiger partial charge on any atom is 0.138 e. The number of benzene rings is 2. The van der Waals surface area contributed by atoms with Crippen LogP contribution >= 0.6 is 0 Å². The lowest BCUT2D eigenvalue weighted by atomic mass is 9.80. The van der Waals surface area contributed by atoms with Crippen LogP contribution in [-0.4, -0.2) is 47.1 Å². The molecule has 0 aliphatic heterocycles. The van der Waals surface area contributed by atoms with E-state index >= 15 is 0 Å². The average molecular weight is 424 g/mol. The van der Waals surface area contributed by atoms with E-state index in [4.69, 9.17) is 0 Å². The summed E-state index contributed by atoms with van der Waals surface area (Å²) in [5.41, 5.74) is 1.54. The van der Waals surface area contributed by atoms with E-state index in [0.717, 1.165) is 11.1 Å². The van der Waals surface area contributed by atoms with Crippen molar-refractivity contribution in [3.05, 3.63) is 71.8 Å². The Labute approximate surface area is 174 Å². The SMILES string of the molecule is O[C@@H]1C[C@@H](F)[C@@H](F)[C@@H](c2ccccc2)C1.O[C@@H]1C[C@@H](F)[C@@H](F)[C@@H](c2ccccc2)C1. The Morgan fingerprint density at radius 3 is 1.20 bits per heavy atom. The van der Waals surface area contributed by atoms with Gasteiger partial charge in [-0.2, -0.15) is 0 Å². The summed E-state index contributed by atoms with van der Waals surface area (Å²) in [6, 6.07) is 18.0. The zero-order chi connectivity index (χ0) is 21.7. The Hall–Kier alpha value is -1.92. The highest BCUT2D eigenvalue weighted by Gasteiger charge is 2.39. The standard InChI is InChI=1S/2C12H14F2O/c2*13-11-7-9(15)6-10(12(11)14)8-4-2-1-3-5-8/h2*1-5,9-12,15H,6-7H2/t2*9-,10+,11+,12-/m00/s1. The highest BCUT2D eigenvalue weighted by Crippen LogP contribution is 2.37. The van der Waals surface area contributed by atoms with E-state index in [1.807, 2.05) is 12.1 Å². The summed E-state index contributed by atoms with van der Waals surface area (Å²) < 4.78 is 53.7. The predicted octanol–water partition coefficient (Wildman–Crippen LogP) is 5.20. The third-order valence-electron chi connectivity index (χ3n) is 5.96. The second-order valence-electron chi connectivity index (χ2n) is 8.21. The first kappa shape index (κ1) is 22.8. The molecule has 2 saturated carbocycles. The van der Waals surface area contributed by atoms with Gasteiger partial charge in [-0.05, 0) is 24.0 Å². The maximum absolute atomic E-state index is 13.6. The van der Waals surface area contributed by atoms with Gasteiger partial charge in [0.05, 0.1) is 12.2 Å². The van der Waals surface area contributed by atoms with E-state index in [2.05, 4.69) is 0 Å². The van der Waals surface area contributed by atoms with Crippen molar-refractivity contribution in [2.45, 2.75) is 74.4 Å². The zero-order valence-corrected chi connectivity index (χ0v) is 16.6. The molecule has 2 aromatic rings. The minimum atomic E-state index is -1.54. The van der Waals surface area contributed by atoms with E-state index in [1.165, 1.54) is 0 Å². The van der Waals surface area contributed by atoms with Gasteiger partial charge in [-0.1, -0.05) is 60.7 Å². The molecule has 164 valence electrons. The van der Waals surface area contributed by atoms with Gasteiger partial charge in [-0.15, -0.1) is 0 Å². The Morgan fingerprint density at radius 1 is 0.533 bits per heavy atom. The number of halogens is 4. The molecule has 2 nitrogen and oxygen atoms in total. The largest absolute Gasteiger partial charge is 0.393 e. The van der Waals surface area contributed by atoms with Crippen molar-refractivity contribution in [1.29, 1.82) is 0 Å². The number of aliphatic hydroxyl groups excluding tert-OH is 2. The van der Waals surface area contributed by atoms with Crippen molar-refractivity contribution in [1.82, 2.24) is 0 Å². The van der Waals surface area contributed by atoms with E-state index in [-0.39, 0.29) is 12.8 Å². The highest BCUT2D eigenvalue weighted by molar-refractivity contribution is 5.23. The molecule has 0 bridgehead atoms. The second-order valence-corrected chi connectivity index (χ2v) is 8.21. The van der Waals surface area contributed by atoms with Gasteiger partial charge < -0.3 is 10.2 Å². The smallest absolute Gasteiger partial charge is 0.138 e. The molecule has 0 aromatic heterocycles. The molecule has 2 aliphatic rings. The summed E-state index contributed by atoms with van der Waals surface area (Å²) in [6.07, 6.45) is -7.05. The molecule has 0 spiro atoms. The quantitative estimate of drug-likeness (QED) is 0.651. The zero-order valence-electron chi connectivity index (χ0n) is 16.6. The fraction of sp³-hybridized carbons (Fsp3) is 0.500. The molecule has 4 rings (SSSR count). The lowest BCUT2D eigenvalue weighted by Crippen LogP contribution is -2.36. The van der Waals surface area contributed by atoms with Crippen molar-refractivity contribution in [2.24, 2.45) is 0 Å². The van der Waals surface area contributed by atoms with Gasteiger partial charge in [0.2, 0.25) is 0 Å². The van der Waals surface area contributed by atoms with Crippen molar-refractivity contribution >= 4 is 0 Å². The maximum atomic E-state index is 13.6. The Kier molecular flexibility index (Phi) is 7.89. The van der Waals surface area contributed by atoms with Crippen LogP contribution in [0.1, 0.15) is 48.6 Å². The van der Waals surface area contributed by atoms with Crippen LogP contribution in [0.15, 0.2) is 60.7 Å². The van der Waals surface area contributed by atoms with Crippen LogP contribution in [0.3, 0.4) is 0 Å². The number of hydrogen-bond acceptors (Lipinski definition) is 2. The Balaban J connectivity index is 0.000000171. The molecule has 2 fully saturated rings. The van der Waals surface area contributed by atoms with Crippen molar-refractivity contribution in [3.63, 3.8) is 0 Å². The summed E-state index contributed by atoms with van der Waals surface area (Å²) in [6.45, 7) is 0. The lowest BCUT2D eigenvalue weighted by Gasteiger charge is -2.32. The molecule has 8 atom stereocenters. The second kappa shape index (κ2) is 10.4. The normalized spacial score (nSPS) is 36.5. The third-order valence-corrected chi connectivity index (χ3v) is 5.96. The minimum Gasteiger partial charge on any atom is -0.393 e. The van der Waals surface area contributed by atoms with Gasteiger partial charge in [-0.25, -0.2) is 17.6 Å². The van der Waals surface area contributed by atoms with Crippen molar-refractivity contribution < 1.29 is 27.8 Å². The molecular formula is C24H28F4O2. The Bertz CT molecular complexity index is 695. The highest BCUT2D eigenvalue weighted by atomic mass is 19.2. The molecule has 30 heavy (non-hydrogen) atoms. The van der Waals surface area contributed by atoms with E-state index in [9.17, 15) is 27.8 Å². The molecule has 2 N–H and O–H groups in total. The molecule has 0 unspecified atom stereocenters. The van der Waals surface area contributed by atoms with Crippen molar-refractivity contribution in [3.8, 4) is 0 Å². The van der Waals surface area contributed by atoms with Gasteiger partial charge in [0.1, 0.15) is 24.7 Å². The minimum absolute atomic E-state index is 0.0789. The average Bonchev–Trinajstić information content (AvgIpc) is 2.75. The number of hydrogen-bond donors (Lipinski definition) is 2. The summed E-state index contributed by atoms with van der Waals surface area (Å²) >= 11 is 0. The first-order chi connectivity index (χ1) is 14.4. The van der Waals surface area contributed by atoms with Crippen LogP contribution < -0.4 is 0 Å². The summed E-state index contributed by atoms with van der Waals surface area (Å²) in [4.78, 5) is 0. The van der Waals surface area contributed by atoms with Crippen LogP contribution in [0.2, 0.25) is 0 Å². The summed E-state index contributed by atoms with van der Waals surface area (Å²) in [7, 11) is 0. The number of alkyl halides is 4. The van der Waals surface area contributed by atoms with Gasteiger partial charge in [-0.3, -0.25) is 0 Å². The molecule has 0 radical (unpaired) electrons. The van der Waals surface area contributed by atoms with Gasteiger partial charge in [0.15, 0.2) is 0 Å². The first-order valence-corrected chi connectivity index (χ1v) is 10.4. The third kappa shape index (κ3) is 5.61. The lowest BCUT2D eigenvalue weighted by molar-refractivity contribution is 0.0161. The molecule has 2 aromatic carbocycles. The molecule has 6 heteroatoms. The molecule has 0 saturated heterocycles. The molecular weight excluding hydrogens is 396 g/mol. The van der Waals surface area contributed by atoms with E-state index in [1.54, 1.807) is 48.5 Å². The Morgan fingerprint density at radius 2 is 0.867 bits per heavy atom. The van der Waals surface area contributed by atoms with Crippen LogP contribution in [0.25, 0.3) is 0 Å². The fourth-order valence-corrected chi connectivity index (χ4v) is 4.36.